The molecule has 0 heterocycles. The number of hydrogen-bond donors (Lipinski definition) is 1. The van der Waals surface area contributed by atoms with Crippen molar-refractivity contribution in [3.8, 4) is 0 Å². The van der Waals surface area contributed by atoms with E-state index >= 15 is 0 Å². The summed E-state index contributed by atoms with van der Waals surface area (Å²) in [5.74, 6) is 0. The standard InChI is InChI=1S/C14H28F3NO/c1-5-9-18-12(13(2,3)4)8-6-7-10-19-11-14(15,16)17/h12,18H,5-11H2,1-4H3. The molecule has 2 nitrogen and oxygen atoms in total. The van der Waals surface area contributed by atoms with Crippen LogP contribution in [0, 0.1) is 5.41 Å². The molecule has 116 valence electrons. The lowest BCUT2D eigenvalue weighted by Gasteiger charge is -2.32. The first-order valence-corrected chi connectivity index (χ1v) is 7.04. The summed E-state index contributed by atoms with van der Waals surface area (Å²) in [4.78, 5) is 0. The van der Waals surface area contributed by atoms with Crippen LogP contribution in [0.15, 0.2) is 0 Å². The minimum atomic E-state index is -4.21. The number of alkyl halides is 3. The molecule has 0 saturated heterocycles. The molecule has 1 N–H and O–H groups in total. The second-order valence-corrected chi connectivity index (χ2v) is 6.04. The number of unbranched alkanes of at least 4 members (excludes halogenated alkanes) is 1. The van der Waals surface area contributed by atoms with Gasteiger partial charge in [0.1, 0.15) is 6.61 Å². The van der Waals surface area contributed by atoms with E-state index in [4.69, 9.17) is 0 Å². The molecule has 0 aliphatic rings. The molecule has 0 rings (SSSR count). The van der Waals surface area contributed by atoms with Gasteiger partial charge in [0.15, 0.2) is 0 Å². The van der Waals surface area contributed by atoms with Crippen LogP contribution in [0.1, 0.15) is 53.4 Å². The Labute approximate surface area is 115 Å². The maximum absolute atomic E-state index is 11.9. The largest absolute Gasteiger partial charge is 0.411 e. The van der Waals surface area contributed by atoms with Gasteiger partial charge in [-0.05, 0) is 37.6 Å². The van der Waals surface area contributed by atoms with Gasteiger partial charge in [-0.1, -0.05) is 27.7 Å². The average molecular weight is 283 g/mol. The summed E-state index contributed by atoms with van der Waals surface area (Å²) >= 11 is 0. The van der Waals surface area contributed by atoms with Gasteiger partial charge in [-0.3, -0.25) is 0 Å². The SMILES string of the molecule is CCCNC(CCCCOCC(F)(F)F)C(C)(C)C. The van der Waals surface area contributed by atoms with Gasteiger partial charge < -0.3 is 10.1 Å². The summed E-state index contributed by atoms with van der Waals surface area (Å²) in [6, 6.07) is 0.398. The van der Waals surface area contributed by atoms with E-state index in [0.717, 1.165) is 25.8 Å². The van der Waals surface area contributed by atoms with Gasteiger partial charge in [-0.2, -0.15) is 13.2 Å². The zero-order valence-corrected chi connectivity index (χ0v) is 12.6. The molecular formula is C14H28F3NO. The Balaban J connectivity index is 3.76. The monoisotopic (exact) mass is 283 g/mol. The van der Waals surface area contributed by atoms with Gasteiger partial charge in [0, 0.05) is 12.6 Å². The summed E-state index contributed by atoms with van der Waals surface area (Å²) in [6.07, 6.45) is -0.594. The van der Waals surface area contributed by atoms with Crippen molar-refractivity contribution in [3.05, 3.63) is 0 Å². The van der Waals surface area contributed by atoms with Crippen LogP contribution < -0.4 is 5.32 Å². The predicted octanol–water partition coefficient (Wildman–Crippen LogP) is 4.15. The molecule has 0 aliphatic heterocycles. The lowest BCUT2D eigenvalue weighted by molar-refractivity contribution is -0.174. The first kappa shape index (κ1) is 18.7. The Morgan fingerprint density at radius 3 is 2.21 bits per heavy atom. The molecule has 5 heteroatoms. The van der Waals surface area contributed by atoms with Gasteiger partial charge in [-0.15, -0.1) is 0 Å². The number of halogens is 3. The Bertz CT molecular complexity index is 224. The van der Waals surface area contributed by atoms with E-state index in [2.05, 4.69) is 37.7 Å². The lowest BCUT2D eigenvalue weighted by Crippen LogP contribution is -2.40. The third-order valence-corrected chi connectivity index (χ3v) is 2.98. The fourth-order valence-electron chi connectivity index (χ4n) is 1.90. The lowest BCUT2D eigenvalue weighted by atomic mass is 9.83. The van der Waals surface area contributed by atoms with Crippen molar-refractivity contribution < 1.29 is 17.9 Å². The highest BCUT2D eigenvalue weighted by Crippen LogP contribution is 2.23. The van der Waals surface area contributed by atoms with Crippen LogP contribution in [0.5, 0.6) is 0 Å². The molecule has 1 unspecified atom stereocenters. The average Bonchev–Trinajstić information content (AvgIpc) is 2.23. The smallest absolute Gasteiger partial charge is 0.372 e. The Hall–Kier alpha value is -0.290. The molecule has 19 heavy (non-hydrogen) atoms. The molecule has 0 aromatic rings. The molecule has 0 fully saturated rings. The molecule has 0 spiro atoms. The van der Waals surface area contributed by atoms with Crippen LogP contribution in [-0.4, -0.2) is 32.0 Å². The van der Waals surface area contributed by atoms with Gasteiger partial charge in [-0.25, -0.2) is 0 Å². The highest BCUT2D eigenvalue weighted by Gasteiger charge is 2.27. The quantitative estimate of drug-likeness (QED) is 0.642. The highest BCUT2D eigenvalue weighted by molar-refractivity contribution is 4.80. The van der Waals surface area contributed by atoms with E-state index in [0.29, 0.717) is 12.5 Å². The zero-order valence-electron chi connectivity index (χ0n) is 12.6. The minimum absolute atomic E-state index is 0.169. The van der Waals surface area contributed by atoms with E-state index < -0.39 is 12.8 Å². The normalized spacial score (nSPS) is 14.7. The van der Waals surface area contributed by atoms with Gasteiger partial charge >= 0.3 is 6.18 Å². The second kappa shape index (κ2) is 8.80. The van der Waals surface area contributed by atoms with Crippen LogP contribution >= 0.6 is 0 Å². The Morgan fingerprint density at radius 1 is 1.11 bits per heavy atom. The number of ether oxygens (including phenoxy) is 1. The molecular weight excluding hydrogens is 255 g/mol. The molecule has 0 amide bonds. The molecule has 0 aliphatic carbocycles. The minimum Gasteiger partial charge on any atom is -0.372 e. The van der Waals surface area contributed by atoms with Crippen molar-refractivity contribution in [2.24, 2.45) is 5.41 Å². The highest BCUT2D eigenvalue weighted by atomic mass is 19.4. The molecule has 0 saturated carbocycles. The van der Waals surface area contributed by atoms with Gasteiger partial charge in [0.2, 0.25) is 0 Å². The number of rotatable bonds is 9. The maximum Gasteiger partial charge on any atom is 0.411 e. The Morgan fingerprint density at radius 2 is 1.74 bits per heavy atom. The van der Waals surface area contributed by atoms with Crippen molar-refractivity contribution in [1.82, 2.24) is 5.32 Å². The molecule has 1 atom stereocenters. The van der Waals surface area contributed by atoms with Crippen LogP contribution in [0.2, 0.25) is 0 Å². The maximum atomic E-state index is 11.9. The van der Waals surface area contributed by atoms with Crippen LogP contribution in [-0.2, 0) is 4.74 Å². The van der Waals surface area contributed by atoms with Gasteiger partial charge in [0.25, 0.3) is 0 Å². The fourth-order valence-corrected chi connectivity index (χ4v) is 1.90. The summed E-state index contributed by atoms with van der Waals surface area (Å²) in [7, 11) is 0. The fraction of sp³-hybridized carbons (Fsp3) is 1.00. The van der Waals surface area contributed by atoms with Crippen molar-refractivity contribution in [2.75, 3.05) is 19.8 Å². The second-order valence-electron chi connectivity index (χ2n) is 6.04. The third-order valence-electron chi connectivity index (χ3n) is 2.98. The van der Waals surface area contributed by atoms with Crippen molar-refractivity contribution in [1.29, 1.82) is 0 Å². The summed E-state index contributed by atoms with van der Waals surface area (Å²) in [6.45, 7) is 8.69. The molecule has 0 radical (unpaired) electrons. The summed E-state index contributed by atoms with van der Waals surface area (Å²) in [5, 5.41) is 3.50. The third kappa shape index (κ3) is 11.3. The Kier molecular flexibility index (Phi) is 8.66. The first-order chi connectivity index (χ1) is 8.67. The van der Waals surface area contributed by atoms with E-state index in [1.807, 2.05) is 0 Å². The van der Waals surface area contributed by atoms with E-state index in [9.17, 15) is 13.2 Å². The van der Waals surface area contributed by atoms with Crippen molar-refractivity contribution >= 4 is 0 Å². The molecule has 0 bridgehead atoms. The van der Waals surface area contributed by atoms with Gasteiger partial charge in [0.05, 0.1) is 0 Å². The van der Waals surface area contributed by atoms with Crippen LogP contribution in [0.25, 0.3) is 0 Å². The summed E-state index contributed by atoms with van der Waals surface area (Å²) < 4.78 is 40.2. The number of hydrogen-bond acceptors (Lipinski definition) is 2. The molecule has 0 aromatic heterocycles. The topological polar surface area (TPSA) is 21.3 Å². The van der Waals surface area contributed by atoms with E-state index in [1.54, 1.807) is 0 Å². The molecule has 0 aromatic carbocycles. The first-order valence-electron chi connectivity index (χ1n) is 7.04. The van der Waals surface area contributed by atoms with Crippen LogP contribution in [0.4, 0.5) is 13.2 Å². The summed E-state index contributed by atoms with van der Waals surface area (Å²) in [5.41, 5.74) is 0.169. The van der Waals surface area contributed by atoms with Crippen molar-refractivity contribution in [3.63, 3.8) is 0 Å². The van der Waals surface area contributed by atoms with E-state index in [1.165, 1.54) is 0 Å². The number of nitrogens with one attached hydrogen (secondary N) is 1. The van der Waals surface area contributed by atoms with E-state index in [-0.39, 0.29) is 12.0 Å². The predicted molar refractivity (Wildman–Crippen MR) is 72.3 cm³/mol. The zero-order chi connectivity index (χ0) is 14.9. The van der Waals surface area contributed by atoms with Crippen molar-refractivity contribution in [2.45, 2.75) is 65.6 Å². The van der Waals surface area contributed by atoms with Crippen LogP contribution in [0.3, 0.4) is 0 Å².